The molecule has 0 aliphatic carbocycles. The molecule has 0 aliphatic heterocycles. The number of fused-ring (bicyclic) bond motifs is 1. The highest BCUT2D eigenvalue weighted by Crippen LogP contribution is 2.31. The van der Waals surface area contributed by atoms with Crippen LogP contribution < -0.4 is 5.73 Å². The summed E-state index contributed by atoms with van der Waals surface area (Å²) in [6.45, 7) is 3.93. The van der Waals surface area contributed by atoms with E-state index in [0.29, 0.717) is 22.7 Å². The number of hydrogen-bond acceptors (Lipinski definition) is 3. The minimum atomic E-state index is -0.526. The Morgan fingerprint density at radius 2 is 1.95 bits per heavy atom. The molecular formula is C15H12ClFN2O. The molecule has 0 saturated heterocycles. The van der Waals surface area contributed by atoms with Crippen LogP contribution in [0.15, 0.2) is 28.7 Å². The predicted octanol–water partition coefficient (Wildman–Crippen LogP) is 4.49. The van der Waals surface area contributed by atoms with Gasteiger partial charge in [-0.15, -0.1) is 0 Å². The van der Waals surface area contributed by atoms with Gasteiger partial charge in [0.1, 0.15) is 11.3 Å². The van der Waals surface area contributed by atoms with Crippen LogP contribution >= 0.6 is 11.6 Å². The van der Waals surface area contributed by atoms with E-state index >= 15 is 0 Å². The van der Waals surface area contributed by atoms with Gasteiger partial charge in [-0.2, -0.15) is 0 Å². The van der Waals surface area contributed by atoms with Crippen LogP contribution in [0.2, 0.25) is 5.02 Å². The monoisotopic (exact) mass is 290 g/mol. The molecule has 5 heteroatoms. The van der Waals surface area contributed by atoms with Gasteiger partial charge in [-0.25, -0.2) is 9.37 Å². The third kappa shape index (κ3) is 2.02. The maximum absolute atomic E-state index is 13.4. The summed E-state index contributed by atoms with van der Waals surface area (Å²) in [7, 11) is 0. The van der Waals surface area contributed by atoms with Gasteiger partial charge >= 0.3 is 0 Å². The Balaban J connectivity index is 2.25. The number of nitrogen functional groups attached to an aromatic ring is 1. The Morgan fingerprint density at radius 3 is 2.70 bits per heavy atom. The van der Waals surface area contributed by atoms with Crippen molar-refractivity contribution < 1.29 is 8.81 Å². The van der Waals surface area contributed by atoms with E-state index in [1.165, 1.54) is 12.1 Å². The second-order valence-corrected chi connectivity index (χ2v) is 5.17. The number of aromatic nitrogens is 1. The molecule has 2 aromatic carbocycles. The zero-order valence-corrected chi connectivity index (χ0v) is 11.8. The van der Waals surface area contributed by atoms with Gasteiger partial charge < -0.3 is 10.2 Å². The van der Waals surface area contributed by atoms with Crippen molar-refractivity contribution in [3.8, 4) is 11.5 Å². The van der Waals surface area contributed by atoms with E-state index < -0.39 is 5.82 Å². The van der Waals surface area contributed by atoms with Crippen LogP contribution in [0, 0.1) is 19.7 Å². The first kappa shape index (κ1) is 12.9. The molecule has 0 saturated carbocycles. The molecule has 0 spiro atoms. The van der Waals surface area contributed by atoms with Gasteiger partial charge in [0.05, 0.1) is 5.02 Å². The topological polar surface area (TPSA) is 52.0 Å². The summed E-state index contributed by atoms with van der Waals surface area (Å²) in [6.07, 6.45) is 0. The maximum atomic E-state index is 13.4. The highest BCUT2D eigenvalue weighted by molar-refractivity contribution is 6.31. The van der Waals surface area contributed by atoms with Gasteiger partial charge in [0.25, 0.3) is 0 Å². The normalized spacial score (nSPS) is 11.2. The number of halogens is 2. The summed E-state index contributed by atoms with van der Waals surface area (Å²) in [4.78, 5) is 4.35. The number of oxazole rings is 1. The molecule has 0 radical (unpaired) electrons. The average molecular weight is 291 g/mol. The second kappa shape index (κ2) is 4.49. The first-order chi connectivity index (χ1) is 9.45. The van der Waals surface area contributed by atoms with Crippen molar-refractivity contribution in [2.45, 2.75) is 13.8 Å². The van der Waals surface area contributed by atoms with Gasteiger partial charge in [-0.1, -0.05) is 11.6 Å². The van der Waals surface area contributed by atoms with Gasteiger partial charge in [-0.3, -0.25) is 0 Å². The molecule has 0 unspecified atom stereocenters. The fraction of sp³-hybridized carbons (Fsp3) is 0.133. The van der Waals surface area contributed by atoms with E-state index in [1.54, 1.807) is 6.07 Å². The summed E-state index contributed by atoms with van der Waals surface area (Å²) in [5.74, 6) is -0.114. The van der Waals surface area contributed by atoms with Crippen molar-refractivity contribution in [1.29, 1.82) is 0 Å². The molecule has 0 bridgehead atoms. The lowest BCUT2D eigenvalue weighted by molar-refractivity contribution is 0.602. The van der Waals surface area contributed by atoms with Gasteiger partial charge in [0.15, 0.2) is 5.58 Å². The standard InChI is InChI=1S/C15H12ClFN2O/c1-7-3-9(18)4-10(8(7)2)15-19-13-5-11(16)12(17)6-14(13)20-15/h3-6H,18H2,1-2H3. The number of benzene rings is 2. The fourth-order valence-electron chi connectivity index (χ4n) is 2.15. The number of hydrogen-bond donors (Lipinski definition) is 1. The first-order valence-corrected chi connectivity index (χ1v) is 6.46. The van der Waals surface area contributed by atoms with Crippen molar-refractivity contribution in [1.82, 2.24) is 4.98 Å². The molecule has 102 valence electrons. The molecule has 0 aliphatic rings. The Bertz CT molecular complexity index is 787. The van der Waals surface area contributed by atoms with Crippen molar-refractivity contribution in [3.05, 3.63) is 46.2 Å². The lowest BCUT2D eigenvalue weighted by Gasteiger charge is -2.06. The van der Waals surface area contributed by atoms with Crippen molar-refractivity contribution in [2.75, 3.05) is 5.73 Å². The fourth-order valence-corrected chi connectivity index (χ4v) is 2.31. The quantitative estimate of drug-likeness (QED) is 0.672. The van der Waals surface area contributed by atoms with E-state index in [1.807, 2.05) is 19.9 Å². The van der Waals surface area contributed by atoms with E-state index in [2.05, 4.69) is 4.98 Å². The van der Waals surface area contributed by atoms with E-state index in [-0.39, 0.29) is 5.02 Å². The van der Waals surface area contributed by atoms with Crippen LogP contribution in [0.5, 0.6) is 0 Å². The smallest absolute Gasteiger partial charge is 0.227 e. The Kier molecular flexibility index (Phi) is 2.91. The van der Waals surface area contributed by atoms with E-state index in [0.717, 1.165) is 16.7 Å². The molecule has 2 N–H and O–H groups in total. The molecule has 0 fully saturated rings. The molecule has 0 atom stereocenters. The molecule has 20 heavy (non-hydrogen) atoms. The number of aryl methyl sites for hydroxylation is 1. The molecule has 3 nitrogen and oxygen atoms in total. The molecular weight excluding hydrogens is 279 g/mol. The molecule has 1 heterocycles. The van der Waals surface area contributed by atoms with Crippen molar-refractivity contribution >= 4 is 28.4 Å². The number of rotatable bonds is 1. The highest BCUT2D eigenvalue weighted by Gasteiger charge is 2.14. The minimum absolute atomic E-state index is 0.0258. The van der Waals surface area contributed by atoms with Crippen LogP contribution in [0.1, 0.15) is 11.1 Å². The van der Waals surface area contributed by atoms with Crippen molar-refractivity contribution in [2.24, 2.45) is 0 Å². The summed E-state index contributed by atoms with van der Waals surface area (Å²) in [5.41, 5.74) is 10.2. The van der Waals surface area contributed by atoms with Gasteiger partial charge in [0.2, 0.25) is 5.89 Å². The molecule has 1 aromatic heterocycles. The third-order valence-electron chi connectivity index (χ3n) is 3.35. The maximum Gasteiger partial charge on any atom is 0.227 e. The first-order valence-electron chi connectivity index (χ1n) is 6.08. The summed E-state index contributed by atoms with van der Waals surface area (Å²) in [5, 5.41) is 0.0258. The number of nitrogens with zero attached hydrogens (tertiary/aromatic N) is 1. The van der Waals surface area contributed by atoms with Crippen molar-refractivity contribution in [3.63, 3.8) is 0 Å². The Labute approximate surface area is 120 Å². The SMILES string of the molecule is Cc1cc(N)cc(-c2nc3cc(Cl)c(F)cc3o2)c1C. The Morgan fingerprint density at radius 1 is 1.20 bits per heavy atom. The third-order valence-corrected chi connectivity index (χ3v) is 3.64. The minimum Gasteiger partial charge on any atom is -0.436 e. The van der Waals surface area contributed by atoms with Gasteiger partial charge in [0, 0.05) is 17.3 Å². The van der Waals surface area contributed by atoms with E-state index in [4.69, 9.17) is 21.8 Å². The summed E-state index contributed by atoms with van der Waals surface area (Å²) >= 11 is 5.75. The summed E-state index contributed by atoms with van der Waals surface area (Å²) < 4.78 is 19.0. The second-order valence-electron chi connectivity index (χ2n) is 4.76. The number of nitrogens with two attached hydrogens (primary N) is 1. The van der Waals surface area contributed by atoms with Crippen LogP contribution in [0.3, 0.4) is 0 Å². The molecule has 0 amide bonds. The molecule has 3 rings (SSSR count). The predicted molar refractivity (Wildman–Crippen MR) is 78.3 cm³/mol. The summed E-state index contributed by atoms with van der Waals surface area (Å²) in [6, 6.07) is 6.37. The lowest BCUT2D eigenvalue weighted by atomic mass is 10.0. The van der Waals surface area contributed by atoms with Crippen LogP contribution in [0.25, 0.3) is 22.6 Å². The van der Waals surface area contributed by atoms with Crippen LogP contribution in [0.4, 0.5) is 10.1 Å². The van der Waals surface area contributed by atoms with E-state index in [9.17, 15) is 4.39 Å². The Hall–Kier alpha value is -2.07. The van der Waals surface area contributed by atoms with Crippen LogP contribution in [-0.2, 0) is 0 Å². The zero-order valence-electron chi connectivity index (χ0n) is 11.0. The lowest BCUT2D eigenvalue weighted by Crippen LogP contribution is -1.92. The largest absolute Gasteiger partial charge is 0.436 e. The number of anilines is 1. The molecule has 3 aromatic rings. The zero-order chi connectivity index (χ0) is 14.4. The average Bonchev–Trinajstić information content (AvgIpc) is 2.77. The highest BCUT2D eigenvalue weighted by atomic mass is 35.5. The van der Waals surface area contributed by atoms with Gasteiger partial charge in [-0.05, 0) is 43.2 Å². The van der Waals surface area contributed by atoms with Crippen LogP contribution in [-0.4, -0.2) is 4.98 Å².